The van der Waals surface area contributed by atoms with Gasteiger partial charge in [-0.3, -0.25) is 4.79 Å². The Hall–Kier alpha value is -1.12. The molecule has 14 heavy (non-hydrogen) atoms. The van der Waals surface area contributed by atoms with Crippen LogP contribution >= 0.6 is 0 Å². The predicted molar refractivity (Wildman–Crippen MR) is 57.6 cm³/mol. The molecule has 0 bridgehead atoms. The molecule has 1 atom stereocenters. The predicted octanol–water partition coefficient (Wildman–Crippen LogP) is 2.15. The molecule has 1 heterocycles. The van der Waals surface area contributed by atoms with Crippen LogP contribution in [0.15, 0.2) is 4.79 Å². The van der Waals surface area contributed by atoms with Crippen LogP contribution < -0.4 is 5.56 Å². The normalized spacial score (nSPS) is 13.3. The summed E-state index contributed by atoms with van der Waals surface area (Å²) in [4.78, 5) is 18.7. The minimum absolute atomic E-state index is 0.0139. The second-order valence-corrected chi connectivity index (χ2v) is 4.19. The monoisotopic (exact) mass is 194 g/mol. The lowest BCUT2D eigenvalue weighted by Gasteiger charge is -2.15. The molecular formula is C11H18N2O. The molecule has 1 unspecified atom stereocenters. The Balaban J connectivity index is 3.19. The first-order valence-corrected chi connectivity index (χ1v) is 5.01. The van der Waals surface area contributed by atoms with Gasteiger partial charge >= 0.3 is 0 Å². The van der Waals surface area contributed by atoms with E-state index in [9.17, 15) is 4.79 Å². The van der Waals surface area contributed by atoms with Gasteiger partial charge in [0.05, 0.1) is 0 Å². The summed E-state index contributed by atoms with van der Waals surface area (Å²) in [5.41, 5.74) is 1.53. The molecule has 0 fully saturated rings. The number of aromatic nitrogens is 2. The van der Waals surface area contributed by atoms with Crippen molar-refractivity contribution in [1.29, 1.82) is 0 Å². The van der Waals surface area contributed by atoms with E-state index in [1.807, 2.05) is 6.92 Å². The molecule has 1 rings (SSSR count). The first-order chi connectivity index (χ1) is 6.43. The van der Waals surface area contributed by atoms with E-state index in [1.165, 1.54) is 0 Å². The highest BCUT2D eigenvalue weighted by atomic mass is 16.1. The van der Waals surface area contributed by atoms with Crippen molar-refractivity contribution < 1.29 is 0 Å². The summed E-state index contributed by atoms with van der Waals surface area (Å²) >= 11 is 0. The summed E-state index contributed by atoms with van der Waals surface area (Å²) in [6.07, 6.45) is 0. The number of hydrogen-bond acceptors (Lipinski definition) is 2. The molecule has 1 aromatic rings. The summed E-state index contributed by atoms with van der Waals surface area (Å²) in [5.74, 6) is 1.58. The zero-order chi connectivity index (χ0) is 10.9. The van der Waals surface area contributed by atoms with Gasteiger partial charge < -0.3 is 4.98 Å². The molecular weight excluding hydrogens is 176 g/mol. The zero-order valence-electron chi connectivity index (χ0n) is 9.51. The van der Waals surface area contributed by atoms with Crippen LogP contribution in [0.25, 0.3) is 0 Å². The molecule has 1 N–H and O–H groups in total. The van der Waals surface area contributed by atoms with Gasteiger partial charge in [-0.25, -0.2) is 4.98 Å². The van der Waals surface area contributed by atoms with Crippen LogP contribution in [-0.4, -0.2) is 9.97 Å². The van der Waals surface area contributed by atoms with Crippen LogP contribution in [0.5, 0.6) is 0 Å². The number of H-pyrrole nitrogens is 1. The standard InChI is InChI=1S/C11H18N2O/c1-6(2)7(3)10-12-9(5)8(4)11(14)13-10/h6-7H,1-5H3,(H,12,13,14). The van der Waals surface area contributed by atoms with Gasteiger partial charge in [-0.05, 0) is 19.8 Å². The summed E-state index contributed by atoms with van der Waals surface area (Å²) in [6.45, 7) is 10.0. The van der Waals surface area contributed by atoms with Crippen molar-refractivity contribution in [2.24, 2.45) is 5.92 Å². The van der Waals surface area contributed by atoms with Crippen LogP contribution in [-0.2, 0) is 0 Å². The Labute approximate surface area is 84.6 Å². The van der Waals surface area contributed by atoms with Gasteiger partial charge in [-0.2, -0.15) is 0 Å². The summed E-state index contributed by atoms with van der Waals surface area (Å²) < 4.78 is 0. The average Bonchev–Trinajstić information content (AvgIpc) is 2.12. The molecule has 0 spiro atoms. The summed E-state index contributed by atoms with van der Waals surface area (Å²) in [6, 6.07) is 0. The molecule has 0 radical (unpaired) electrons. The van der Waals surface area contributed by atoms with Crippen LogP contribution in [0.1, 0.15) is 43.8 Å². The molecule has 0 aromatic carbocycles. The maximum atomic E-state index is 11.5. The molecule has 0 saturated carbocycles. The van der Waals surface area contributed by atoms with E-state index in [0.717, 1.165) is 11.5 Å². The molecule has 0 aliphatic heterocycles. The lowest BCUT2D eigenvalue weighted by molar-refractivity contribution is 0.507. The molecule has 1 aromatic heterocycles. The lowest BCUT2D eigenvalue weighted by atomic mass is 9.97. The van der Waals surface area contributed by atoms with E-state index in [4.69, 9.17) is 0 Å². The number of aryl methyl sites for hydroxylation is 1. The number of hydrogen-bond donors (Lipinski definition) is 1. The molecule has 78 valence electrons. The van der Waals surface area contributed by atoms with Gasteiger partial charge in [0.15, 0.2) is 0 Å². The SMILES string of the molecule is Cc1nc(C(C)C(C)C)[nH]c(=O)c1C. The molecule has 3 nitrogen and oxygen atoms in total. The quantitative estimate of drug-likeness (QED) is 0.784. The third kappa shape index (κ3) is 2.03. The number of aromatic amines is 1. The highest BCUT2D eigenvalue weighted by molar-refractivity contribution is 5.15. The second-order valence-electron chi connectivity index (χ2n) is 4.19. The van der Waals surface area contributed by atoms with Crippen LogP contribution in [0.4, 0.5) is 0 Å². The van der Waals surface area contributed by atoms with E-state index >= 15 is 0 Å². The third-order valence-electron chi connectivity index (χ3n) is 2.84. The second kappa shape index (κ2) is 3.95. The fourth-order valence-corrected chi connectivity index (χ4v) is 1.20. The highest BCUT2D eigenvalue weighted by Crippen LogP contribution is 2.19. The van der Waals surface area contributed by atoms with Crippen molar-refractivity contribution >= 4 is 0 Å². The molecule has 0 aliphatic carbocycles. The van der Waals surface area contributed by atoms with Gasteiger partial charge in [-0.15, -0.1) is 0 Å². The van der Waals surface area contributed by atoms with E-state index in [2.05, 4.69) is 30.7 Å². The van der Waals surface area contributed by atoms with Crippen molar-refractivity contribution in [2.45, 2.75) is 40.5 Å². The Morgan fingerprint density at radius 3 is 2.21 bits per heavy atom. The summed E-state index contributed by atoms with van der Waals surface area (Å²) in [7, 11) is 0. The largest absolute Gasteiger partial charge is 0.310 e. The van der Waals surface area contributed by atoms with Gasteiger partial charge in [0.25, 0.3) is 5.56 Å². The molecule has 0 amide bonds. The smallest absolute Gasteiger partial charge is 0.254 e. The van der Waals surface area contributed by atoms with Gasteiger partial charge in [0.1, 0.15) is 5.82 Å². The van der Waals surface area contributed by atoms with Crippen LogP contribution in [0, 0.1) is 19.8 Å². The van der Waals surface area contributed by atoms with Crippen molar-refractivity contribution in [3.63, 3.8) is 0 Å². The number of nitrogens with one attached hydrogen (secondary N) is 1. The Kier molecular flexibility index (Phi) is 3.09. The Morgan fingerprint density at radius 1 is 1.21 bits per heavy atom. The zero-order valence-corrected chi connectivity index (χ0v) is 9.51. The van der Waals surface area contributed by atoms with Crippen molar-refractivity contribution in [3.05, 3.63) is 27.4 Å². The van der Waals surface area contributed by atoms with E-state index in [0.29, 0.717) is 17.4 Å². The van der Waals surface area contributed by atoms with E-state index in [1.54, 1.807) is 6.92 Å². The number of nitrogens with zero attached hydrogens (tertiary/aromatic N) is 1. The number of rotatable bonds is 2. The van der Waals surface area contributed by atoms with Crippen LogP contribution in [0.3, 0.4) is 0 Å². The van der Waals surface area contributed by atoms with E-state index < -0.39 is 0 Å². The Bertz CT molecular complexity index is 379. The van der Waals surface area contributed by atoms with E-state index in [-0.39, 0.29) is 5.56 Å². The molecule has 0 aliphatic rings. The van der Waals surface area contributed by atoms with Crippen molar-refractivity contribution in [2.75, 3.05) is 0 Å². The maximum Gasteiger partial charge on any atom is 0.254 e. The fourth-order valence-electron chi connectivity index (χ4n) is 1.20. The first kappa shape index (κ1) is 11.0. The minimum atomic E-state index is -0.0139. The van der Waals surface area contributed by atoms with Crippen LogP contribution in [0.2, 0.25) is 0 Å². The van der Waals surface area contributed by atoms with Gasteiger partial charge in [0.2, 0.25) is 0 Å². The lowest BCUT2D eigenvalue weighted by Crippen LogP contribution is -2.19. The van der Waals surface area contributed by atoms with Gasteiger partial charge in [-0.1, -0.05) is 20.8 Å². The average molecular weight is 194 g/mol. The molecule has 0 saturated heterocycles. The topological polar surface area (TPSA) is 45.8 Å². The third-order valence-corrected chi connectivity index (χ3v) is 2.84. The fraction of sp³-hybridized carbons (Fsp3) is 0.636. The highest BCUT2D eigenvalue weighted by Gasteiger charge is 2.13. The summed E-state index contributed by atoms with van der Waals surface area (Å²) in [5, 5.41) is 0. The minimum Gasteiger partial charge on any atom is -0.310 e. The Morgan fingerprint density at radius 2 is 1.79 bits per heavy atom. The van der Waals surface area contributed by atoms with Crippen molar-refractivity contribution in [1.82, 2.24) is 9.97 Å². The molecule has 3 heteroatoms. The maximum absolute atomic E-state index is 11.5. The first-order valence-electron chi connectivity index (χ1n) is 5.01. The van der Waals surface area contributed by atoms with Gasteiger partial charge in [0, 0.05) is 17.2 Å². The van der Waals surface area contributed by atoms with Crippen molar-refractivity contribution in [3.8, 4) is 0 Å².